The van der Waals surface area contributed by atoms with E-state index in [1.807, 2.05) is 24.9 Å². The fourth-order valence-electron chi connectivity index (χ4n) is 3.96. The van der Waals surface area contributed by atoms with E-state index < -0.39 is 33.0 Å². The number of sulfone groups is 1. The van der Waals surface area contributed by atoms with Gasteiger partial charge in [-0.3, -0.25) is 14.8 Å². The third kappa shape index (κ3) is 4.11. The average molecular weight is 468 g/mol. The molecule has 0 spiro atoms. The molecule has 0 fully saturated rings. The van der Waals surface area contributed by atoms with Gasteiger partial charge in [-0.25, -0.2) is 12.8 Å². The van der Waals surface area contributed by atoms with Gasteiger partial charge in [0.1, 0.15) is 10.7 Å². The number of carbonyl (C=O) groups is 1. The van der Waals surface area contributed by atoms with Gasteiger partial charge in [0.05, 0.1) is 28.9 Å². The van der Waals surface area contributed by atoms with Crippen molar-refractivity contribution in [2.75, 3.05) is 11.9 Å². The molecule has 2 aliphatic rings. The predicted octanol–water partition coefficient (Wildman–Crippen LogP) is 4.65. The largest absolute Gasteiger partial charge is 0.481 e. The van der Waals surface area contributed by atoms with Crippen molar-refractivity contribution in [3.63, 3.8) is 0 Å². The van der Waals surface area contributed by atoms with Crippen LogP contribution >= 0.6 is 0 Å². The number of aromatic nitrogens is 1. The molecule has 0 saturated carbocycles. The SMILES string of the molecule is CC1=C(CC(=O)O)C2=C(S(=O)(=O)c3ccc(N(C)c4cncc(C)c4)cc3)C(F)=CCC2=N1. The molecule has 2 heterocycles. The van der Waals surface area contributed by atoms with Crippen LogP contribution in [0.3, 0.4) is 0 Å². The number of hydrogen-bond acceptors (Lipinski definition) is 6. The molecule has 2 aromatic rings. The Hall–Kier alpha value is -3.59. The summed E-state index contributed by atoms with van der Waals surface area (Å²) in [6.45, 7) is 3.53. The molecule has 0 bridgehead atoms. The Bertz CT molecular complexity index is 1390. The van der Waals surface area contributed by atoms with E-state index in [4.69, 9.17) is 0 Å². The minimum Gasteiger partial charge on any atom is -0.481 e. The first-order valence-corrected chi connectivity index (χ1v) is 11.7. The molecule has 1 N–H and O–H groups in total. The van der Waals surface area contributed by atoms with Crippen molar-refractivity contribution < 1.29 is 22.7 Å². The van der Waals surface area contributed by atoms with Crippen LogP contribution in [0.15, 0.2) is 86.3 Å². The third-order valence-electron chi connectivity index (χ3n) is 5.63. The van der Waals surface area contributed by atoms with Gasteiger partial charge in [0.25, 0.3) is 0 Å². The van der Waals surface area contributed by atoms with Crippen molar-refractivity contribution in [1.82, 2.24) is 4.98 Å². The van der Waals surface area contributed by atoms with Gasteiger partial charge in [-0.05, 0) is 61.4 Å². The van der Waals surface area contributed by atoms with Crippen LogP contribution in [0.4, 0.5) is 15.8 Å². The van der Waals surface area contributed by atoms with E-state index in [-0.39, 0.29) is 22.5 Å². The number of aliphatic carboxylic acids is 1. The minimum absolute atomic E-state index is 0.0712. The summed E-state index contributed by atoms with van der Waals surface area (Å²) in [7, 11) is -2.44. The number of benzene rings is 1. The van der Waals surface area contributed by atoms with Gasteiger partial charge >= 0.3 is 5.97 Å². The Labute approximate surface area is 191 Å². The van der Waals surface area contributed by atoms with Crippen LogP contribution in [-0.4, -0.2) is 37.2 Å². The van der Waals surface area contributed by atoms with E-state index in [1.165, 1.54) is 18.2 Å². The summed E-state index contributed by atoms with van der Waals surface area (Å²) in [6.07, 6.45) is 4.28. The van der Waals surface area contributed by atoms with Crippen molar-refractivity contribution in [3.8, 4) is 0 Å². The number of pyridine rings is 1. The fraction of sp³-hybridized carbons (Fsp3) is 0.208. The molecular weight excluding hydrogens is 445 g/mol. The average Bonchev–Trinajstić information content (AvgIpc) is 3.07. The number of halogens is 1. The van der Waals surface area contributed by atoms with E-state index in [9.17, 15) is 22.7 Å². The number of rotatable bonds is 6. The first kappa shape index (κ1) is 22.6. The molecule has 0 amide bonds. The lowest BCUT2D eigenvalue weighted by atomic mass is 9.94. The van der Waals surface area contributed by atoms with Crippen LogP contribution in [0.25, 0.3) is 0 Å². The zero-order valence-corrected chi connectivity index (χ0v) is 19.1. The summed E-state index contributed by atoms with van der Waals surface area (Å²) in [6, 6.07) is 8.05. The van der Waals surface area contributed by atoms with Crippen LogP contribution < -0.4 is 4.90 Å². The van der Waals surface area contributed by atoms with Gasteiger partial charge in [0.15, 0.2) is 0 Å². The van der Waals surface area contributed by atoms with E-state index in [1.54, 1.807) is 31.5 Å². The maximum atomic E-state index is 15.0. The maximum Gasteiger partial charge on any atom is 0.307 e. The summed E-state index contributed by atoms with van der Waals surface area (Å²) in [5.74, 6) is -2.04. The van der Waals surface area contributed by atoms with Crippen LogP contribution in [0, 0.1) is 6.92 Å². The van der Waals surface area contributed by atoms with Gasteiger partial charge in [0.2, 0.25) is 9.84 Å². The molecule has 1 aliphatic carbocycles. The second-order valence-corrected chi connectivity index (χ2v) is 9.82. The molecule has 1 aliphatic heterocycles. The monoisotopic (exact) mass is 467 g/mol. The molecule has 0 radical (unpaired) electrons. The predicted molar refractivity (Wildman–Crippen MR) is 124 cm³/mol. The highest BCUT2D eigenvalue weighted by molar-refractivity contribution is 7.95. The molecule has 33 heavy (non-hydrogen) atoms. The smallest absolute Gasteiger partial charge is 0.307 e. The number of aliphatic imine (C=N–C) groups is 1. The maximum absolute atomic E-state index is 15.0. The van der Waals surface area contributed by atoms with Crippen LogP contribution in [0.5, 0.6) is 0 Å². The highest BCUT2D eigenvalue weighted by Gasteiger charge is 2.37. The number of nitrogens with zero attached hydrogens (tertiary/aromatic N) is 3. The summed E-state index contributed by atoms with van der Waals surface area (Å²) in [5.41, 5.74) is 3.60. The minimum atomic E-state index is -4.27. The van der Waals surface area contributed by atoms with Crippen molar-refractivity contribution in [2.24, 2.45) is 4.99 Å². The number of hydrogen-bond donors (Lipinski definition) is 1. The molecular formula is C24H22FN3O4S. The zero-order valence-electron chi connectivity index (χ0n) is 18.3. The standard InChI is InChI=1S/C24H22FN3O4S/c1-14-10-17(13-26-12-14)28(3)16-4-6-18(7-5-16)33(31,32)24-20(25)8-9-21-23(24)19(11-22(29)30)15(2)27-21/h4-8,10,12-13H,9,11H2,1-3H3,(H,29,30). The summed E-state index contributed by atoms with van der Waals surface area (Å²) >= 11 is 0. The summed E-state index contributed by atoms with van der Waals surface area (Å²) in [4.78, 5) is 21.1. The second kappa shape index (κ2) is 8.40. The van der Waals surface area contributed by atoms with Gasteiger partial charge in [-0.15, -0.1) is 0 Å². The summed E-state index contributed by atoms with van der Waals surface area (Å²) in [5, 5.41) is 9.27. The topological polar surface area (TPSA) is 99.9 Å². The number of aryl methyl sites for hydroxylation is 1. The Balaban J connectivity index is 1.76. The number of anilines is 2. The molecule has 7 nitrogen and oxygen atoms in total. The van der Waals surface area contributed by atoms with Gasteiger partial charge in [0, 0.05) is 36.6 Å². The summed E-state index contributed by atoms with van der Waals surface area (Å²) < 4.78 is 41.9. The zero-order chi connectivity index (χ0) is 23.9. The molecule has 170 valence electrons. The molecule has 0 unspecified atom stereocenters. The number of allylic oxidation sites excluding steroid dienone is 4. The van der Waals surface area contributed by atoms with E-state index >= 15 is 0 Å². The third-order valence-corrected chi connectivity index (χ3v) is 7.46. The molecule has 1 aromatic carbocycles. The molecule has 0 saturated heterocycles. The normalized spacial score (nSPS) is 15.9. The highest BCUT2D eigenvalue weighted by atomic mass is 32.2. The van der Waals surface area contributed by atoms with Gasteiger partial charge in [-0.1, -0.05) is 0 Å². The lowest BCUT2D eigenvalue weighted by molar-refractivity contribution is -0.136. The van der Waals surface area contributed by atoms with Crippen molar-refractivity contribution in [1.29, 1.82) is 0 Å². The first-order chi connectivity index (χ1) is 15.6. The van der Waals surface area contributed by atoms with Crippen molar-refractivity contribution in [2.45, 2.75) is 31.6 Å². The number of carboxylic acid groups (broad SMARTS) is 1. The van der Waals surface area contributed by atoms with E-state index in [0.29, 0.717) is 11.4 Å². The molecule has 4 rings (SSSR count). The van der Waals surface area contributed by atoms with Crippen LogP contribution in [0.1, 0.15) is 25.3 Å². The molecule has 9 heteroatoms. The van der Waals surface area contributed by atoms with Gasteiger partial charge < -0.3 is 10.0 Å². The molecule has 1 aromatic heterocycles. The highest BCUT2D eigenvalue weighted by Crippen LogP contribution is 2.41. The van der Waals surface area contributed by atoms with Gasteiger partial charge in [-0.2, -0.15) is 0 Å². The quantitative estimate of drug-likeness (QED) is 0.664. The van der Waals surface area contributed by atoms with E-state index in [0.717, 1.165) is 16.9 Å². The Morgan fingerprint density at radius 1 is 1.15 bits per heavy atom. The Morgan fingerprint density at radius 2 is 1.85 bits per heavy atom. The van der Waals surface area contributed by atoms with Crippen LogP contribution in [0.2, 0.25) is 0 Å². The number of fused-ring (bicyclic) bond motifs is 1. The Morgan fingerprint density at radius 3 is 2.48 bits per heavy atom. The number of carboxylic acids is 1. The molecule has 0 atom stereocenters. The van der Waals surface area contributed by atoms with Crippen LogP contribution in [-0.2, 0) is 14.6 Å². The second-order valence-electron chi connectivity index (χ2n) is 7.93. The lowest BCUT2D eigenvalue weighted by Gasteiger charge is -2.21. The van der Waals surface area contributed by atoms with E-state index in [2.05, 4.69) is 9.98 Å². The first-order valence-electron chi connectivity index (χ1n) is 10.2. The van der Waals surface area contributed by atoms with Crippen molar-refractivity contribution >= 4 is 32.9 Å². The van der Waals surface area contributed by atoms with Crippen molar-refractivity contribution in [3.05, 3.63) is 81.9 Å². The Kier molecular flexibility index (Phi) is 5.75. The lowest BCUT2D eigenvalue weighted by Crippen LogP contribution is -2.18. The fourth-order valence-corrected chi connectivity index (χ4v) is 5.54.